The van der Waals surface area contributed by atoms with E-state index in [9.17, 15) is 38.6 Å². The fraction of sp³-hybridized carbons (Fsp3) is 0.585. The standard InChI is InChI=1S/C41H55FN5O7/c1-47(37(51)14-9-26-5-10-31(42)11-6-26)36(19-27-7-12-33(50)13-8-27)40(54)45-32(24-48)4-2-3-15-44-39(53)35(25-49)46-38(52)34(43)23-41-20-28-16-29(21-41)18-30(17-28)22-41/h5-8,10-13,28-30,32,34-36,49-50H,2-4,9,14-23,25,43H2,1H3,(H,44,53)(H,45,54)(H,46,52)/t28?,29?,30?,32-,34+,35+,36+,41?/m1/s1. The molecule has 4 aliphatic rings. The van der Waals surface area contributed by atoms with Crippen molar-refractivity contribution >= 4 is 29.9 Å². The molecule has 7 N–H and O–H groups in total. The molecular formula is C41H55FN5O7. The largest absolute Gasteiger partial charge is 0.508 e. The number of aryl methyl sites for hydroxylation is 1. The summed E-state index contributed by atoms with van der Waals surface area (Å²) >= 11 is 0. The van der Waals surface area contributed by atoms with E-state index in [-0.39, 0.29) is 48.7 Å². The molecule has 4 fully saturated rings. The molecule has 4 saturated carbocycles. The molecule has 2 aromatic rings. The van der Waals surface area contributed by atoms with Crippen LogP contribution >= 0.6 is 0 Å². The van der Waals surface area contributed by atoms with E-state index in [0.717, 1.165) is 42.6 Å². The molecule has 13 heteroatoms. The van der Waals surface area contributed by atoms with Crippen LogP contribution in [0.25, 0.3) is 0 Å². The Bertz CT molecular complexity index is 1570. The number of aliphatic hydroxyl groups is 1. The SMILES string of the molecule is CN(C(=O)CCc1ccc(F)cc1)[C@@H](Cc1ccc(O)cc1)C(=O)N[C@@H]([C]=O)CCCCNC(=O)[C@H](CO)NC(=O)[C@@H](N)CC12CC3CC(CC(C3)C1)C2. The van der Waals surface area contributed by atoms with Gasteiger partial charge in [-0.15, -0.1) is 0 Å². The molecule has 0 saturated heterocycles. The maximum absolute atomic E-state index is 13.5. The minimum atomic E-state index is -1.14. The summed E-state index contributed by atoms with van der Waals surface area (Å²) in [4.78, 5) is 65.8. The average Bonchev–Trinajstić information content (AvgIpc) is 3.14. The smallest absolute Gasteiger partial charge is 0.244 e. The molecule has 2 aromatic carbocycles. The van der Waals surface area contributed by atoms with Crippen molar-refractivity contribution in [1.29, 1.82) is 0 Å². The highest BCUT2D eigenvalue weighted by atomic mass is 19.1. The Balaban J connectivity index is 1.06. The van der Waals surface area contributed by atoms with Crippen LogP contribution in [-0.4, -0.2) is 89.4 Å². The van der Waals surface area contributed by atoms with Crippen molar-refractivity contribution in [3.05, 3.63) is 65.5 Å². The summed E-state index contributed by atoms with van der Waals surface area (Å²) < 4.78 is 13.3. The zero-order valence-corrected chi connectivity index (χ0v) is 31.1. The summed E-state index contributed by atoms with van der Waals surface area (Å²) in [7, 11) is 1.51. The van der Waals surface area contributed by atoms with Gasteiger partial charge in [-0.05, 0) is 129 Å². The summed E-state index contributed by atoms with van der Waals surface area (Å²) in [5.41, 5.74) is 7.93. The molecule has 0 aromatic heterocycles. The zero-order chi connectivity index (χ0) is 38.8. The van der Waals surface area contributed by atoms with E-state index in [4.69, 9.17) is 5.73 Å². The van der Waals surface area contributed by atoms with E-state index in [0.29, 0.717) is 31.2 Å². The lowest BCUT2D eigenvalue weighted by molar-refractivity contribution is -0.139. The molecule has 0 unspecified atom stereocenters. The number of carbonyl (C=O) groups excluding carboxylic acids is 5. The lowest BCUT2D eigenvalue weighted by atomic mass is 9.48. The van der Waals surface area contributed by atoms with E-state index in [1.807, 2.05) is 6.29 Å². The highest BCUT2D eigenvalue weighted by Gasteiger charge is 2.51. The predicted octanol–water partition coefficient (Wildman–Crippen LogP) is 2.83. The predicted molar refractivity (Wildman–Crippen MR) is 200 cm³/mol. The van der Waals surface area contributed by atoms with E-state index >= 15 is 0 Å². The highest BCUT2D eigenvalue weighted by Crippen LogP contribution is 2.61. The number of phenols is 1. The average molecular weight is 749 g/mol. The van der Waals surface area contributed by atoms with Gasteiger partial charge in [-0.2, -0.15) is 0 Å². The monoisotopic (exact) mass is 748 g/mol. The van der Waals surface area contributed by atoms with Crippen LogP contribution in [0.2, 0.25) is 0 Å². The maximum atomic E-state index is 13.5. The van der Waals surface area contributed by atoms with Crippen molar-refractivity contribution in [1.82, 2.24) is 20.9 Å². The molecule has 0 heterocycles. The topological polar surface area (TPSA) is 191 Å². The lowest BCUT2D eigenvalue weighted by Crippen LogP contribution is -2.55. The number of phenolic OH excluding ortho intramolecular Hbond substituents is 1. The number of halogens is 1. The van der Waals surface area contributed by atoms with Crippen LogP contribution in [0.3, 0.4) is 0 Å². The Morgan fingerprint density at radius 3 is 2.11 bits per heavy atom. The number of aromatic hydroxyl groups is 1. The molecule has 293 valence electrons. The second kappa shape index (κ2) is 18.8. The lowest BCUT2D eigenvalue weighted by Gasteiger charge is -2.57. The Morgan fingerprint density at radius 2 is 1.52 bits per heavy atom. The van der Waals surface area contributed by atoms with Gasteiger partial charge in [0.15, 0.2) is 0 Å². The number of rotatable bonds is 20. The number of nitrogens with zero attached hydrogens (tertiary/aromatic N) is 1. The van der Waals surface area contributed by atoms with E-state index in [1.54, 1.807) is 24.3 Å². The van der Waals surface area contributed by atoms with Crippen LogP contribution in [0.4, 0.5) is 4.39 Å². The molecule has 1 radical (unpaired) electrons. The van der Waals surface area contributed by atoms with Crippen molar-refractivity contribution < 1.29 is 38.6 Å². The number of aliphatic hydroxyl groups excluding tert-OH is 1. The van der Waals surface area contributed by atoms with Crippen LogP contribution in [0.15, 0.2) is 48.5 Å². The van der Waals surface area contributed by atoms with Crippen molar-refractivity contribution in [2.45, 2.75) is 108 Å². The molecule has 4 atom stereocenters. The van der Waals surface area contributed by atoms with Crippen LogP contribution in [-0.2, 0) is 36.8 Å². The minimum Gasteiger partial charge on any atom is -0.508 e. The van der Waals surface area contributed by atoms with Crippen molar-refractivity contribution in [2.24, 2.45) is 28.9 Å². The van der Waals surface area contributed by atoms with Gasteiger partial charge in [0.2, 0.25) is 29.9 Å². The van der Waals surface area contributed by atoms with Crippen LogP contribution in [0.1, 0.15) is 81.8 Å². The first-order valence-electron chi connectivity index (χ1n) is 19.3. The summed E-state index contributed by atoms with van der Waals surface area (Å²) in [6.45, 7) is -0.372. The summed E-state index contributed by atoms with van der Waals surface area (Å²) in [5.74, 6) is 0.0257. The molecule has 12 nitrogen and oxygen atoms in total. The second-order valence-corrected chi connectivity index (χ2v) is 16.0. The summed E-state index contributed by atoms with van der Waals surface area (Å²) in [5, 5.41) is 27.6. The number of amides is 4. The van der Waals surface area contributed by atoms with Crippen molar-refractivity contribution in [3.8, 4) is 5.75 Å². The third kappa shape index (κ3) is 11.1. The van der Waals surface area contributed by atoms with E-state index in [1.165, 1.54) is 55.5 Å². The minimum absolute atomic E-state index is 0.0542. The molecule has 6 rings (SSSR count). The highest BCUT2D eigenvalue weighted by molar-refractivity contribution is 5.90. The van der Waals surface area contributed by atoms with Gasteiger partial charge in [-0.25, -0.2) is 4.39 Å². The fourth-order valence-corrected chi connectivity index (χ4v) is 9.32. The maximum Gasteiger partial charge on any atom is 0.244 e. The molecule has 4 aliphatic carbocycles. The number of unbranched alkanes of at least 4 members (excludes halogenated alkanes) is 1. The van der Waals surface area contributed by atoms with Crippen molar-refractivity contribution in [2.75, 3.05) is 20.2 Å². The quantitative estimate of drug-likeness (QED) is 0.111. The number of nitrogens with two attached hydrogens (primary N) is 1. The van der Waals surface area contributed by atoms with Gasteiger partial charge in [0.25, 0.3) is 0 Å². The number of likely N-dealkylation sites (N-methyl/N-ethyl adjacent to an activating group) is 1. The Kier molecular flexibility index (Phi) is 14.2. The zero-order valence-electron chi connectivity index (χ0n) is 31.1. The van der Waals surface area contributed by atoms with Gasteiger partial charge in [0.05, 0.1) is 18.7 Å². The van der Waals surface area contributed by atoms with Gasteiger partial charge in [0.1, 0.15) is 23.7 Å². The first kappa shape index (κ1) is 40.8. The molecule has 4 amide bonds. The second-order valence-electron chi connectivity index (χ2n) is 16.0. The van der Waals surface area contributed by atoms with Crippen LogP contribution in [0, 0.1) is 29.0 Å². The van der Waals surface area contributed by atoms with E-state index in [2.05, 4.69) is 16.0 Å². The number of benzene rings is 2. The van der Waals surface area contributed by atoms with Crippen LogP contribution in [0.5, 0.6) is 5.75 Å². The van der Waals surface area contributed by atoms with Gasteiger partial charge in [-0.1, -0.05) is 24.3 Å². The normalized spacial score (nSPS) is 23.4. The van der Waals surface area contributed by atoms with Gasteiger partial charge in [-0.3, -0.25) is 24.0 Å². The molecule has 0 spiro atoms. The third-order valence-corrected chi connectivity index (χ3v) is 11.7. The molecule has 54 heavy (non-hydrogen) atoms. The summed E-state index contributed by atoms with van der Waals surface area (Å²) in [6.07, 6.45) is 11.3. The van der Waals surface area contributed by atoms with Crippen molar-refractivity contribution in [3.63, 3.8) is 0 Å². The van der Waals surface area contributed by atoms with Gasteiger partial charge < -0.3 is 36.8 Å². The molecule has 4 bridgehead atoms. The number of nitrogens with one attached hydrogen (secondary N) is 3. The first-order valence-corrected chi connectivity index (χ1v) is 19.3. The Hall–Kier alpha value is -4.36. The fourth-order valence-electron chi connectivity index (χ4n) is 9.32. The molecular weight excluding hydrogens is 693 g/mol. The molecule has 0 aliphatic heterocycles. The third-order valence-electron chi connectivity index (χ3n) is 11.7. The number of hydrogen-bond acceptors (Lipinski definition) is 8. The summed E-state index contributed by atoms with van der Waals surface area (Å²) in [6, 6.07) is 8.25. The Morgan fingerprint density at radius 1 is 0.907 bits per heavy atom. The van der Waals surface area contributed by atoms with E-state index < -0.39 is 48.5 Å². The van der Waals surface area contributed by atoms with Gasteiger partial charge >= 0.3 is 0 Å². The first-order chi connectivity index (χ1) is 25.9. The Labute approximate surface area is 316 Å². The van der Waals surface area contributed by atoms with Gasteiger partial charge in [0, 0.05) is 26.4 Å². The number of carbonyl (C=O) groups is 4. The number of hydrogen-bond donors (Lipinski definition) is 6. The van der Waals surface area contributed by atoms with Crippen LogP contribution < -0.4 is 21.7 Å².